The highest BCUT2D eigenvalue weighted by atomic mass is 16.2. The number of anilines is 1. The summed E-state index contributed by atoms with van der Waals surface area (Å²) in [5.41, 5.74) is 9.71. The Bertz CT molecular complexity index is 649. The minimum atomic E-state index is -0.0950. The Labute approximate surface area is 123 Å². The molecule has 0 aliphatic heterocycles. The number of hydrogen-bond donors (Lipinski definition) is 2. The van der Waals surface area contributed by atoms with Crippen LogP contribution in [0.5, 0.6) is 0 Å². The van der Waals surface area contributed by atoms with Gasteiger partial charge in [0.15, 0.2) is 0 Å². The molecule has 0 unspecified atom stereocenters. The number of amides is 1. The maximum Gasteiger partial charge on any atom is 0.246 e. The molecule has 1 aromatic carbocycles. The zero-order valence-corrected chi connectivity index (χ0v) is 11.9. The number of carbonyl (C=O) groups excluding carboxylic acids is 1. The second kappa shape index (κ2) is 6.05. The van der Waals surface area contributed by atoms with Crippen LogP contribution in [-0.2, 0) is 30.7 Å². The zero-order valence-electron chi connectivity index (χ0n) is 11.9. The minimum Gasteiger partial charge on any atom is -0.325 e. The SMILES string of the molecule is NCc1cn(CC(=O)Nc2cccc3c2CCCC3)nn1. The van der Waals surface area contributed by atoms with Crippen LogP contribution in [0.3, 0.4) is 0 Å². The van der Waals surface area contributed by atoms with Crippen molar-refractivity contribution < 1.29 is 4.79 Å². The molecule has 1 aromatic heterocycles. The van der Waals surface area contributed by atoms with E-state index in [2.05, 4.69) is 21.7 Å². The summed E-state index contributed by atoms with van der Waals surface area (Å²) >= 11 is 0. The second-order valence-corrected chi connectivity index (χ2v) is 5.31. The number of carbonyl (C=O) groups is 1. The first-order valence-electron chi connectivity index (χ1n) is 7.26. The van der Waals surface area contributed by atoms with E-state index in [0.717, 1.165) is 18.5 Å². The quantitative estimate of drug-likeness (QED) is 0.885. The molecule has 110 valence electrons. The Morgan fingerprint density at radius 2 is 2.19 bits per heavy atom. The van der Waals surface area contributed by atoms with E-state index in [1.807, 2.05) is 12.1 Å². The van der Waals surface area contributed by atoms with Gasteiger partial charge >= 0.3 is 0 Å². The van der Waals surface area contributed by atoms with Crippen molar-refractivity contribution in [1.82, 2.24) is 15.0 Å². The number of fused-ring (bicyclic) bond motifs is 1. The Morgan fingerprint density at radius 1 is 1.33 bits per heavy atom. The molecule has 6 nitrogen and oxygen atoms in total. The van der Waals surface area contributed by atoms with Gasteiger partial charge in [0.25, 0.3) is 0 Å². The smallest absolute Gasteiger partial charge is 0.246 e. The van der Waals surface area contributed by atoms with Gasteiger partial charge in [-0.05, 0) is 42.9 Å². The first-order valence-corrected chi connectivity index (χ1v) is 7.26. The maximum atomic E-state index is 12.1. The fraction of sp³-hybridized carbons (Fsp3) is 0.400. The number of nitrogens with zero attached hydrogens (tertiary/aromatic N) is 3. The van der Waals surface area contributed by atoms with Gasteiger partial charge in [0.1, 0.15) is 6.54 Å². The largest absolute Gasteiger partial charge is 0.325 e. The molecule has 21 heavy (non-hydrogen) atoms. The third-order valence-electron chi connectivity index (χ3n) is 3.77. The number of nitrogens with one attached hydrogen (secondary N) is 1. The van der Waals surface area contributed by atoms with Crippen LogP contribution in [0.25, 0.3) is 0 Å². The number of aromatic nitrogens is 3. The van der Waals surface area contributed by atoms with E-state index in [1.54, 1.807) is 6.20 Å². The molecule has 0 radical (unpaired) electrons. The molecule has 2 aromatic rings. The molecule has 1 aliphatic rings. The monoisotopic (exact) mass is 285 g/mol. The molecular weight excluding hydrogens is 266 g/mol. The van der Waals surface area contributed by atoms with E-state index in [0.29, 0.717) is 12.2 Å². The maximum absolute atomic E-state index is 12.1. The standard InChI is InChI=1S/C15H19N5O/c16-8-12-9-20(19-18-12)10-15(21)17-14-7-3-5-11-4-1-2-6-13(11)14/h3,5,7,9H,1-2,4,6,8,10,16H2,(H,17,21). The van der Waals surface area contributed by atoms with E-state index in [1.165, 1.54) is 28.7 Å². The van der Waals surface area contributed by atoms with Gasteiger partial charge in [-0.15, -0.1) is 5.10 Å². The number of nitrogens with two attached hydrogens (primary N) is 1. The molecule has 0 atom stereocenters. The van der Waals surface area contributed by atoms with Gasteiger partial charge in [-0.25, -0.2) is 4.68 Å². The summed E-state index contributed by atoms with van der Waals surface area (Å²) in [6.45, 7) is 0.477. The van der Waals surface area contributed by atoms with Crippen LogP contribution >= 0.6 is 0 Å². The van der Waals surface area contributed by atoms with Crippen molar-refractivity contribution in [1.29, 1.82) is 0 Å². The van der Waals surface area contributed by atoms with E-state index in [-0.39, 0.29) is 12.5 Å². The lowest BCUT2D eigenvalue weighted by atomic mass is 9.90. The fourth-order valence-corrected chi connectivity index (χ4v) is 2.74. The molecule has 3 N–H and O–H groups in total. The van der Waals surface area contributed by atoms with Crippen LogP contribution in [0.15, 0.2) is 24.4 Å². The van der Waals surface area contributed by atoms with Crippen LogP contribution < -0.4 is 11.1 Å². The average Bonchev–Trinajstić information content (AvgIpc) is 2.95. The Kier molecular flexibility index (Phi) is 3.96. The first-order chi connectivity index (χ1) is 10.3. The molecular formula is C15H19N5O. The van der Waals surface area contributed by atoms with Gasteiger partial charge in [0.2, 0.25) is 5.91 Å². The van der Waals surface area contributed by atoms with Crippen molar-refractivity contribution >= 4 is 11.6 Å². The van der Waals surface area contributed by atoms with E-state index in [4.69, 9.17) is 5.73 Å². The van der Waals surface area contributed by atoms with E-state index >= 15 is 0 Å². The minimum absolute atomic E-state index is 0.0950. The van der Waals surface area contributed by atoms with E-state index < -0.39 is 0 Å². The number of hydrogen-bond acceptors (Lipinski definition) is 4. The Hall–Kier alpha value is -2.21. The van der Waals surface area contributed by atoms with Gasteiger partial charge in [-0.1, -0.05) is 17.3 Å². The molecule has 0 saturated carbocycles. The number of benzene rings is 1. The van der Waals surface area contributed by atoms with Gasteiger partial charge in [0, 0.05) is 12.2 Å². The first kappa shape index (κ1) is 13.8. The van der Waals surface area contributed by atoms with Crippen molar-refractivity contribution in [2.75, 3.05) is 5.32 Å². The van der Waals surface area contributed by atoms with Crippen LogP contribution in [0.4, 0.5) is 5.69 Å². The molecule has 0 spiro atoms. The second-order valence-electron chi connectivity index (χ2n) is 5.31. The predicted molar refractivity (Wildman–Crippen MR) is 79.6 cm³/mol. The molecule has 0 bridgehead atoms. The summed E-state index contributed by atoms with van der Waals surface area (Å²) in [5.74, 6) is -0.0950. The van der Waals surface area contributed by atoms with Crippen LogP contribution in [0, 0.1) is 0 Å². The van der Waals surface area contributed by atoms with Crippen LogP contribution in [0.1, 0.15) is 29.7 Å². The highest BCUT2D eigenvalue weighted by Gasteiger charge is 2.14. The topological polar surface area (TPSA) is 85.8 Å². The summed E-state index contributed by atoms with van der Waals surface area (Å²) in [6.07, 6.45) is 6.24. The predicted octanol–water partition coefficient (Wildman–Crippen LogP) is 1.25. The number of aryl methyl sites for hydroxylation is 1. The van der Waals surface area contributed by atoms with Crippen molar-refractivity contribution in [3.8, 4) is 0 Å². The van der Waals surface area contributed by atoms with Crippen molar-refractivity contribution in [3.63, 3.8) is 0 Å². The lowest BCUT2D eigenvalue weighted by molar-refractivity contribution is -0.116. The van der Waals surface area contributed by atoms with Crippen molar-refractivity contribution in [2.45, 2.75) is 38.8 Å². The van der Waals surface area contributed by atoms with Crippen LogP contribution in [0.2, 0.25) is 0 Å². The molecule has 0 fully saturated rings. The third-order valence-corrected chi connectivity index (χ3v) is 3.77. The summed E-state index contributed by atoms with van der Waals surface area (Å²) in [6, 6.07) is 6.12. The molecule has 6 heteroatoms. The molecule has 1 amide bonds. The van der Waals surface area contributed by atoms with Gasteiger partial charge in [0.05, 0.1) is 11.9 Å². The lowest BCUT2D eigenvalue weighted by Gasteiger charge is -2.19. The molecule has 3 rings (SSSR count). The van der Waals surface area contributed by atoms with E-state index in [9.17, 15) is 4.79 Å². The summed E-state index contributed by atoms with van der Waals surface area (Å²) in [4.78, 5) is 12.1. The highest BCUT2D eigenvalue weighted by molar-refractivity contribution is 5.91. The van der Waals surface area contributed by atoms with Crippen LogP contribution in [-0.4, -0.2) is 20.9 Å². The third kappa shape index (κ3) is 3.11. The van der Waals surface area contributed by atoms with Gasteiger partial charge in [-0.3, -0.25) is 4.79 Å². The molecule has 1 heterocycles. The van der Waals surface area contributed by atoms with Crippen molar-refractivity contribution in [2.24, 2.45) is 5.73 Å². The highest BCUT2D eigenvalue weighted by Crippen LogP contribution is 2.27. The lowest BCUT2D eigenvalue weighted by Crippen LogP contribution is -2.20. The molecule has 0 saturated heterocycles. The summed E-state index contributed by atoms with van der Waals surface area (Å²) in [7, 11) is 0. The summed E-state index contributed by atoms with van der Waals surface area (Å²) < 4.78 is 1.51. The summed E-state index contributed by atoms with van der Waals surface area (Å²) in [5, 5.41) is 10.7. The molecule has 1 aliphatic carbocycles. The average molecular weight is 285 g/mol. The number of rotatable bonds is 4. The fourth-order valence-electron chi connectivity index (χ4n) is 2.74. The van der Waals surface area contributed by atoms with Gasteiger partial charge < -0.3 is 11.1 Å². The Balaban J connectivity index is 1.70. The van der Waals surface area contributed by atoms with Crippen molar-refractivity contribution in [3.05, 3.63) is 41.2 Å². The Morgan fingerprint density at radius 3 is 3.00 bits per heavy atom. The zero-order chi connectivity index (χ0) is 14.7. The normalized spacial score (nSPS) is 13.8. The van der Waals surface area contributed by atoms with Gasteiger partial charge in [-0.2, -0.15) is 0 Å².